The molecule has 0 fully saturated rings. The molecule has 0 aliphatic rings. The largest absolute Gasteiger partial charge is 0.436 e. The quantitative estimate of drug-likeness (QED) is 0.352. The van der Waals surface area contributed by atoms with E-state index in [9.17, 15) is 19.2 Å². The van der Waals surface area contributed by atoms with Crippen molar-refractivity contribution < 1.29 is 19.1 Å². The monoisotopic (exact) mass is 550 g/mol. The number of nitrogens with one attached hydrogen (secondary N) is 2. The number of likely N-dealkylation sites (N-methyl/N-ethyl adjacent to an activating group) is 1. The number of fused-ring (bicyclic) bond motifs is 1. The highest BCUT2D eigenvalue weighted by Crippen LogP contribution is 2.20. The lowest BCUT2D eigenvalue weighted by molar-refractivity contribution is -0.125. The van der Waals surface area contributed by atoms with Gasteiger partial charge in [0.1, 0.15) is 5.69 Å². The number of pyridine rings is 2. The standard InChI is InChI=1S/C29H38N6O5/c1-19(2)16-20-13-14-30-23-17-21(31-26(20)23)18-35-15-9-10-22(28(35)38)32-27(37)24(40-29(39)34(5)6)11-7-8-12-25(36)33(3)4/h8-10,12-15,17,19,24,31H,7,11,16,18H2,1-6H3,(H,32,37)/b12-8+/t24-/m0/s1. The number of aromatic amines is 1. The van der Waals surface area contributed by atoms with Gasteiger partial charge in [0, 0.05) is 46.3 Å². The first-order valence-electron chi connectivity index (χ1n) is 13.2. The van der Waals surface area contributed by atoms with Crippen molar-refractivity contribution in [3.05, 3.63) is 70.4 Å². The Morgan fingerprint density at radius 3 is 2.58 bits per heavy atom. The summed E-state index contributed by atoms with van der Waals surface area (Å²) in [5.74, 6) is -0.346. The van der Waals surface area contributed by atoms with E-state index in [1.54, 1.807) is 38.6 Å². The van der Waals surface area contributed by atoms with Crippen LogP contribution in [-0.4, -0.2) is 76.5 Å². The first-order chi connectivity index (χ1) is 19.0. The molecule has 11 nitrogen and oxygen atoms in total. The van der Waals surface area contributed by atoms with E-state index in [4.69, 9.17) is 4.74 Å². The molecule has 0 unspecified atom stereocenters. The van der Waals surface area contributed by atoms with Crippen LogP contribution in [0.5, 0.6) is 0 Å². The second-order valence-corrected chi connectivity index (χ2v) is 10.4. The van der Waals surface area contributed by atoms with E-state index in [2.05, 4.69) is 29.1 Å². The third-order valence-electron chi connectivity index (χ3n) is 6.11. The van der Waals surface area contributed by atoms with Crippen molar-refractivity contribution in [2.75, 3.05) is 33.5 Å². The Hall–Kier alpha value is -4.41. The maximum absolute atomic E-state index is 13.2. The summed E-state index contributed by atoms with van der Waals surface area (Å²) >= 11 is 0. The highest BCUT2D eigenvalue weighted by Gasteiger charge is 2.24. The number of anilines is 1. The predicted octanol–water partition coefficient (Wildman–Crippen LogP) is 3.40. The average Bonchev–Trinajstić information content (AvgIpc) is 3.31. The second kappa shape index (κ2) is 13.6. The molecule has 0 spiro atoms. The summed E-state index contributed by atoms with van der Waals surface area (Å²) in [5.41, 5.74) is 3.42. The maximum atomic E-state index is 13.2. The van der Waals surface area contributed by atoms with Crippen LogP contribution in [0.3, 0.4) is 0 Å². The summed E-state index contributed by atoms with van der Waals surface area (Å²) in [5, 5.41) is 2.62. The molecular weight excluding hydrogens is 512 g/mol. The normalized spacial score (nSPS) is 12.1. The fourth-order valence-corrected chi connectivity index (χ4v) is 4.04. The molecule has 0 bridgehead atoms. The minimum Gasteiger partial charge on any atom is -0.436 e. The van der Waals surface area contributed by atoms with Crippen LogP contribution < -0.4 is 10.9 Å². The van der Waals surface area contributed by atoms with E-state index in [1.807, 2.05) is 12.1 Å². The number of rotatable bonds is 11. The molecule has 0 saturated carbocycles. The molecule has 214 valence electrons. The fraction of sp³-hybridized carbons (Fsp3) is 0.414. The fourth-order valence-electron chi connectivity index (χ4n) is 4.04. The number of aromatic nitrogens is 3. The molecule has 0 aliphatic heterocycles. The van der Waals surface area contributed by atoms with E-state index in [0.29, 0.717) is 12.3 Å². The number of carbonyl (C=O) groups excluding carboxylic acids is 3. The molecular formula is C29H38N6O5. The number of H-pyrrole nitrogens is 1. The highest BCUT2D eigenvalue weighted by molar-refractivity contribution is 5.95. The molecule has 1 atom stereocenters. The molecule has 0 aromatic carbocycles. The lowest BCUT2D eigenvalue weighted by Gasteiger charge is -2.19. The lowest BCUT2D eigenvalue weighted by atomic mass is 10.0. The number of allylic oxidation sites excluding steroid dienone is 1. The summed E-state index contributed by atoms with van der Waals surface area (Å²) in [7, 11) is 6.28. The van der Waals surface area contributed by atoms with E-state index in [0.717, 1.165) is 23.1 Å². The summed E-state index contributed by atoms with van der Waals surface area (Å²) in [6.07, 6.45) is 5.92. The molecule has 0 radical (unpaired) electrons. The molecule has 3 amide bonds. The topological polar surface area (TPSA) is 130 Å². The van der Waals surface area contributed by atoms with E-state index < -0.39 is 23.7 Å². The van der Waals surface area contributed by atoms with Crippen molar-refractivity contribution >= 4 is 34.6 Å². The van der Waals surface area contributed by atoms with Crippen LogP contribution in [0.15, 0.2) is 53.6 Å². The van der Waals surface area contributed by atoms with Gasteiger partial charge in [0.05, 0.1) is 17.6 Å². The second-order valence-electron chi connectivity index (χ2n) is 10.4. The third kappa shape index (κ3) is 8.05. The van der Waals surface area contributed by atoms with Crippen molar-refractivity contribution in [2.24, 2.45) is 5.92 Å². The Bertz CT molecular complexity index is 1440. The summed E-state index contributed by atoms with van der Waals surface area (Å²) < 4.78 is 6.85. The van der Waals surface area contributed by atoms with Gasteiger partial charge in [-0.05, 0) is 61.1 Å². The number of nitrogens with zero attached hydrogens (tertiary/aromatic N) is 4. The molecule has 0 saturated heterocycles. The van der Waals surface area contributed by atoms with Crippen LogP contribution >= 0.6 is 0 Å². The molecule has 3 heterocycles. The van der Waals surface area contributed by atoms with Crippen LogP contribution in [0.4, 0.5) is 10.5 Å². The molecule has 0 aliphatic carbocycles. The van der Waals surface area contributed by atoms with Crippen LogP contribution in [0.25, 0.3) is 11.0 Å². The number of carbonyl (C=O) groups is 3. The predicted molar refractivity (Wildman–Crippen MR) is 154 cm³/mol. The number of ether oxygens (including phenoxy) is 1. The van der Waals surface area contributed by atoms with Gasteiger partial charge in [0.25, 0.3) is 11.5 Å². The van der Waals surface area contributed by atoms with E-state index >= 15 is 0 Å². The lowest BCUT2D eigenvalue weighted by Crippen LogP contribution is -2.37. The Balaban J connectivity index is 1.77. The third-order valence-corrected chi connectivity index (χ3v) is 6.11. The van der Waals surface area contributed by atoms with Gasteiger partial charge < -0.3 is 29.4 Å². The number of hydrogen-bond acceptors (Lipinski definition) is 6. The molecule has 3 aromatic rings. The van der Waals surface area contributed by atoms with Crippen molar-refractivity contribution in [3.8, 4) is 0 Å². The summed E-state index contributed by atoms with van der Waals surface area (Å²) in [6.45, 7) is 4.57. The summed E-state index contributed by atoms with van der Waals surface area (Å²) in [6, 6.07) is 7.09. The van der Waals surface area contributed by atoms with Gasteiger partial charge in [-0.2, -0.15) is 0 Å². The number of hydrogen-bond donors (Lipinski definition) is 2. The molecule has 11 heteroatoms. The van der Waals surface area contributed by atoms with Gasteiger partial charge >= 0.3 is 6.09 Å². The minimum atomic E-state index is -1.17. The molecule has 40 heavy (non-hydrogen) atoms. The molecule has 2 N–H and O–H groups in total. The van der Waals surface area contributed by atoms with Crippen molar-refractivity contribution in [1.82, 2.24) is 24.3 Å². The van der Waals surface area contributed by atoms with Crippen molar-refractivity contribution in [1.29, 1.82) is 0 Å². The van der Waals surface area contributed by atoms with E-state index in [-0.39, 0.29) is 24.6 Å². The van der Waals surface area contributed by atoms with Gasteiger partial charge in [0.15, 0.2) is 6.10 Å². The van der Waals surface area contributed by atoms with Gasteiger partial charge in [0.2, 0.25) is 5.91 Å². The first kappa shape index (κ1) is 30.1. The SMILES string of the molecule is CC(C)Cc1ccnc2cc(Cn3cccc(NC(=O)[C@H](CC/C=C/C(=O)N(C)C)OC(=O)N(C)C)c3=O)[nH]c12. The average molecular weight is 551 g/mol. The maximum Gasteiger partial charge on any atom is 0.410 e. The van der Waals surface area contributed by atoms with Crippen molar-refractivity contribution in [3.63, 3.8) is 0 Å². The van der Waals surface area contributed by atoms with Crippen LogP contribution in [0.1, 0.15) is 37.9 Å². The Morgan fingerprint density at radius 1 is 1.15 bits per heavy atom. The van der Waals surface area contributed by atoms with Crippen LogP contribution in [0, 0.1) is 5.92 Å². The Labute approximate surface area is 233 Å². The molecule has 3 rings (SSSR count). The summed E-state index contributed by atoms with van der Waals surface area (Å²) in [4.78, 5) is 60.8. The molecule has 3 aromatic heterocycles. The van der Waals surface area contributed by atoms with Gasteiger partial charge in [-0.3, -0.25) is 19.4 Å². The first-order valence-corrected chi connectivity index (χ1v) is 13.2. The zero-order valence-corrected chi connectivity index (χ0v) is 23.9. The van der Waals surface area contributed by atoms with Gasteiger partial charge in [-0.1, -0.05) is 19.9 Å². The highest BCUT2D eigenvalue weighted by atomic mass is 16.6. The smallest absolute Gasteiger partial charge is 0.410 e. The zero-order chi connectivity index (χ0) is 29.4. The van der Waals surface area contributed by atoms with Crippen LogP contribution in [0.2, 0.25) is 0 Å². The van der Waals surface area contributed by atoms with E-state index in [1.165, 1.54) is 46.2 Å². The van der Waals surface area contributed by atoms with Crippen LogP contribution in [-0.2, 0) is 27.3 Å². The van der Waals surface area contributed by atoms with Gasteiger partial charge in [-0.25, -0.2) is 4.79 Å². The van der Waals surface area contributed by atoms with Gasteiger partial charge in [-0.15, -0.1) is 0 Å². The van der Waals surface area contributed by atoms with Crippen molar-refractivity contribution in [2.45, 2.75) is 45.8 Å². The number of amides is 3. The minimum absolute atomic E-state index is 0.0615. The zero-order valence-electron chi connectivity index (χ0n) is 23.9. The Morgan fingerprint density at radius 2 is 1.90 bits per heavy atom. The Kier molecular flexibility index (Phi) is 10.2.